The largest absolute Gasteiger partial charge is 0.493 e. The average Bonchev–Trinajstić information content (AvgIpc) is 2.54. The molecule has 0 atom stereocenters. The molecule has 0 unspecified atom stereocenters. The van der Waals surface area contributed by atoms with E-state index in [0.29, 0.717) is 25.0 Å². The van der Waals surface area contributed by atoms with Crippen molar-refractivity contribution in [3.05, 3.63) is 29.8 Å². The van der Waals surface area contributed by atoms with E-state index in [2.05, 4.69) is 34.8 Å². The normalized spacial score (nSPS) is 11.6. The molecule has 3 N–H and O–H groups in total. The summed E-state index contributed by atoms with van der Waals surface area (Å²) in [5.41, 5.74) is 0.806. The molecule has 7 heteroatoms. The van der Waals surface area contributed by atoms with Gasteiger partial charge in [-0.2, -0.15) is 0 Å². The smallest absolute Gasteiger partial charge is 0.239 e. The molecule has 154 valence electrons. The Morgan fingerprint density at radius 3 is 2.44 bits per heavy atom. The van der Waals surface area contributed by atoms with Gasteiger partial charge in [0.1, 0.15) is 5.75 Å². The van der Waals surface area contributed by atoms with Gasteiger partial charge in [-0.05, 0) is 39.2 Å². The molecule has 1 rings (SSSR count). The molecule has 6 nitrogen and oxygen atoms in total. The minimum Gasteiger partial charge on any atom is -0.493 e. The number of hydrogen-bond donors (Lipinski definition) is 3. The third-order valence-corrected chi connectivity index (χ3v) is 3.53. The SMILES string of the molecule is CN=C(NCC(=O)NC(C)(C)C)NCc1ccccc1OCCC(C)C.I. The van der Waals surface area contributed by atoms with E-state index in [-0.39, 0.29) is 42.0 Å². The molecule has 0 spiro atoms. The summed E-state index contributed by atoms with van der Waals surface area (Å²) in [6, 6.07) is 7.96. The van der Waals surface area contributed by atoms with Crippen molar-refractivity contribution in [2.24, 2.45) is 10.9 Å². The summed E-state index contributed by atoms with van der Waals surface area (Å²) in [7, 11) is 1.68. The van der Waals surface area contributed by atoms with Crippen LogP contribution in [0.15, 0.2) is 29.3 Å². The van der Waals surface area contributed by atoms with Gasteiger partial charge in [-0.1, -0.05) is 32.0 Å². The number of rotatable bonds is 8. The van der Waals surface area contributed by atoms with Gasteiger partial charge in [0.15, 0.2) is 5.96 Å². The Hall–Kier alpha value is -1.51. The van der Waals surface area contributed by atoms with Gasteiger partial charge in [0.25, 0.3) is 0 Å². The highest BCUT2D eigenvalue weighted by Crippen LogP contribution is 2.18. The average molecular weight is 490 g/mol. The first-order chi connectivity index (χ1) is 12.2. The van der Waals surface area contributed by atoms with E-state index in [0.717, 1.165) is 17.7 Å². The molecule has 0 aliphatic heterocycles. The molecule has 0 aromatic heterocycles. The Labute approximate surface area is 181 Å². The molecule has 0 saturated heterocycles. The number of aliphatic imine (C=N–C) groups is 1. The van der Waals surface area contributed by atoms with Crippen molar-refractivity contribution in [3.8, 4) is 5.75 Å². The van der Waals surface area contributed by atoms with Gasteiger partial charge in [0.05, 0.1) is 13.2 Å². The number of nitrogens with zero attached hydrogens (tertiary/aromatic N) is 1. The molecule has 0 aliphatic carbocycles. The third-order valence-electron chi connectivity index (χ3n) is 3.53. The van der Waals surface area contributed by atoms with Crippen LogP contribution >= 0.6 is 24.0 Å². The third kappa shape index (κ3) is 11.7. The van der Waals surface area contributed by atoms with E-state index in [1.807, 2.05) is 45.0 Å². The fourth-order valence-corrected chi connectivity index (χ4v) is 2.22. The van der Waals surface area contributed by atoms with Gasteiger partial charge in [-0.25, -0.2) is 0 Å². The highest BCUT2D eigenvalue weighted by Gasteiger charge is 2.13. The van der Waals surface area contributed by atoms with Crippen LogP contribution in [-0.4, -0.2) is 37.6 Å². The Bertz CT molecular complexity index is 598. The van der Waals surface area contributed by atoms with Crippen LogP contribution in [0.1, 0.15) is 46.6 Å². The first-order valence-corrected chi connectivity index (χ1v) is 9.17. The van der Waals surface area contributed by atoms with E-state index in [1.54, 1.807) is 7.05 Å². The van der Waals surface area contributed by atoms with Crippen LogP contribution < -0.4 is 20.7 Å². The van der Waals surface area contributed by atoms with Crippen molar-refractivity contribution in [2.75, 3.05) is 20.2 Å². The van der Waals surface area contributed by atoms with Crippen LogP contribution in [0.5, 0.6) is 5.75 Å². The van der Waals surface area contributed by atoms with Gasteiger partial charge in [-0.3, -0.25) is 9.79 Å². The summed E-state index contributed by atoms with van der Waals surface area (Å²) >= 11 is 0. The minimum atomic E-state index is -0.248. The summed E-state index contributed by atoms with van der Waals surface area (Å²) < 4.78 is 5.90. The zero-order chi connectivity index (χ0) is 19.6. The number of amides is 1. The van der Waals surface area contributed by atoms with Gasteiger partial charge in [-0.15, -0.1) is 24.0 Å². The number of para-hydroxylation sites is 1. The number of carbonyl (C=O) groups excluding carboxylic acids is 1. The molecule has 27 heavy (non-hydrogen) atoms. The Morgan fingerprint density at radius 2 is 1.85 bits per heavy atom. The van der Waals surface area contributed by atoms with Gasteiger partial charge in [0.2, 0.25) is 5.91 Å². The Morgan fingerprint density at radius 1 is 1.19 bits per heavy atom. The zero-order valence-electron chi connectivity index (χ0n) is 17.4. The van der Waals surface area contributed by atoms with Crippen molar-refractivity contribution in [1.82, 2.24) is 16.0 Å². The lowest BCUT2D eigenvalue weighted by Gasteiger charge is -2.21. The standard InChI is InChI=1S/C20H34N4O2.HI/c1-15(2)11-12-26-17-10-8-7-9-16(17)13-22-19(21-6)23-14-18(25)24-20(3,4)5;/h7-10,15H,11-14H2,1-6H3,(H,24,25)(H2,21,22,23);1H. The highest BCUT2D eigenvalue weighted by atomic mass is 127. The number of nitrogens with one attached hydrogen (secondary N) is 3. The van der Waals surface area contributed by atoms with Crippen LogP contribution in [0.2, 0.25) is 0 Å². The fraction of sp³-hybridized carbons (Fsp3) is 0.600. The predicted molar refractivity (Wildman–Crippen MR) is 123 cm³/mol. The van der Waals surface area contributed by atoms with Crippen molar-refractivity contribution in [3.63, 3.8) is 0 Å². The molecular formula is C20H35IN4O2. The summed E-state index contributed by atoms with van der Waals surface area (Å²) in [5.74, 6) is 1.99. The second-order valence-electron chi connectivity index (χ2n) is 7.72. The molecule has 1 aromatic rings. The lowest BCUT2D eigenvalue weighted by atomic mass is 10.1. The second kappa shape index (κ2) is 12.8. The van der Waals surface area contributed by atoms with Crippen LogP contribution in [0, 0.1) is 5.92 Å². The van der Waals surface area contributed by atoms with E-state index >= 15 is 0 Å². The zero-order valence-corrected chi connectivity index (χ0v) is 19.7. The minimum absolute atomic E-state index is 0. The molecule has 1 aromatic carbocycles. The first-order valence-electron chi connectivity index (χ1n) is 9.17. The summed E-state index contributed by atoms with van der Waals surface area (Å²) in [4.78, 5) is 16.1. The molecular weight excluding hydrogens is 455 g/mol. The first kappa shape index (κ1) is 25.5. The Kier molecular flexibility index (Phi) is 12.1. The van der Waals surface area contributed by atoms with Crippen molar-refractivity contribution in [1.29, 1.82) is 0 Å². The summed E-state index contributed by atoms with van der Waals surface area (Å²) in [6.07, 6.45) is 1.02. The molecule has 0 saturated carbocycles. The highest BCUT2D eigenvalue weighted by molar-refractivity contribution is 14.0. The van der Waals surface area contributed by atoms with E-state index in [1.165, 1.54) is 0 Å². The lowest BCUT2D eigenvalue weighted by Crippen LogP contribution is -2.48. The van der Waals surface area contributed by atoms with Gasteiger partial charge >= 0.3 is 0 Å². The molecule has 0 radical (unpaired) electrons. The molecule has 0 bridgehead atoms. The number of carbonyl (C=O) groups is 1. The molecule has 0 heterocycles. The van der Waals surface area contributed by atoms with Crippen LogP contribution in [0.4, 0.5) is 0 Å². The topological polar surface area (TPSA) is 74.8 Å². The van der Waals surface area contributed by atoms with Crippen LogP contribution in [0.3, 0.4) is 0 Å². The second-order valence-corrected chi connectivity index (χ2v) is 7.72. The number of halogens is 1. The van der Waals surface area contributed by atoms with E-state index < -0.39 is 0 Å². The number of ether oxygens (including phenoxy) is 1. The number of guanidine groups is 1. The van der Waals surface area contributed by atoms with Crippen molar-refractivity contribution < 1.29 is 9.53 Å². The van der Waals surface area contributed by atoms with Gasteiger partial charge in [0, 0.05) is 24.7 Å². The van der Waals surface area contributed by atoms with E-state index in [9.17, 15) is 4.79 Å². The maximum Gasteiger partial charge on any atom is 0.239 e. The Balaban J connectivity index is 0.00000676. The maximum atomic E-state index is 11.9. The molecule has 0 fully saturated rings. The number of hydrogen-bond acceptors (Lipinski definition) is 3. The summed E-state index contributed by atoms with van der Waals surface area (Å²) in [6.45, 7) is 11.7. The molecule has 1 amide bonds. The number of benzene rings is 1. The van der Waals surface area contributed by atoms with E-state index in [4.69, 9.17) is 4.74 Å². The van der Waals surface area contributed by atoms with Crippen molar-refractivity contribution >= 4 is 35.8 Å². The maximum absolute atomic E-state index is 11.9. The predicted octanol–water partition coefficient (Wildman–Crippen LogP) is 3.31. The summed E-state index contributed by atoms with van der Waals surface area (Å²) in [5, 5.41) is 9.16. The molecule has 0 aliphatic rings. The monoisotopic (exact) mass is 490 g/mol. The fourth-order valence-electron chi connectivity index (χ4n) is 2.22. The lowest BCUT2D eigenvalue weighted by molar-refractivity contribution is -0.121. The van der Waals surface area contributed by atoms with Crippen LogP contribution in [-0.2, 0) is 11.3 Å². The van der Waals surface area contributed by atoms with Crippen molar-refractivity contribution in [2.45, 2.75) is 53.1 Å². The quantitative estimate of drug-likeness (QED) is 0.297. The van der Waals surface area contributed by atoms with Crippen LogP contribution in [0.25, 0.3) is 0 Å². The van der Waals surface area contributed by atoms with Gasteiger partial charge < -0.3 is 20.7 Å².